The molecule has 0 unspecified atom stereocenters. The van der Waals surface area contributed by atoms with Crippen LogP contribution >= 0.6 is 0 Å². The second kappa shape index (κ2) is 8.14. The highest BCUT2D eigenvalue weighted by Crippen LogP contribution is 2.38. The van der Waals surface area contributed by atoms with Crippen molar-refractivity contribution >= 4 is 29.2 Å². The summed E-state index contributed by atoms with van der Waals surface area (Å²) in [5.74, 6) is 2.07. The van der Waals surface area contributed by atoms with Gasteiger partial charge in [-0.1, -0.05) is 18.9 Å². The molecule has 1 aromatic carbocycles. The van der Waals surface area contributed by atoms with Crippen molar-refractivity contribution in [3.05, 3.63) is 30.5 Å². The Morgan fingerprint density at radius 2 is 2.03 bits per heavy atom. The van der Waals surface area contributed by atoms with E-state index in [-0.39, 0.29) is 12.1 Å². The molecule has 2 aliphatic rings. The summed E-state index contributed by atoms with van der Waals surface area (Å²) in [4.78, 5) is 23.8. The second-order valence-electron chi connectivity index (χ2n) is 7.33. The summed E-state index contributed by atoms with van der Waals surface area (Å²) in [5, 5.41) is 7.16. The first-order valence-electron chi connectivity index (χ1n) is 10.3. The van der Waals surface area contributed by atoms with Crippen molar-refractivity contribution in [3.63, 3.8) is 0 Å². The number of hydrazine groups is 1. The molecular weight excluding hydrogens is 368 g/mol. The number of fused-ring (bicyclic) bond motifs is 1. The van der Waals surface area contributed by atoms with Crippen molar-refractivity contribution < 1.29 is 9.53 Å². The molecule has 1 aliphatic carbocycles. The van der Waals surface area contributed by atoms with Crippen molar-refractivity contribution in [2.45, 2.75) is 45.6 Å². The molecule has 154 valence electrons. The molecule has 4 rings (SSSR count). The van der Waals surface area contributed by atoms with Crippen LogP contribution in [-0.2, 0) is 0 Å². The van der Waals surface area contributed by atoms with Gasteiger partial charge in [0.15, 0.2) is 5.82 Å². The number of carbonyl (C=O) groups excluding carboxylic acids is 1. The van der Waals surface area contributed by atoms with Crippen molar-refractivity contribution in [2.24, 2.45) is 0 Å². The molecule has 1 N–H and O–H groups in total. The molecule has 8 heteroatoms. The number of hydrogen-bond acceptors (Lipinski definition) is 6. The monoisotopic (exact) mass is 396 g/mol. The van der Waals surface area contributed by atoms with Crippen LogP contribution in [0.5, 0.6) is 5.75 Å². The average molecular weight is 396 g/mol. The number of carbonyl (C=O) groups is 1. The molecule has 2 amide bonds. The van der Waals surface area contributed by atoms with Gasteiger partial charge in [0.25, 0.3) is 0 Å². The highest BCUT2D eigenvalue weighted by Gasteiger charge is 2.39. The molecular formula is C21H28N6O2. The fraction of sp³-hybridized carbons (Fsp3) is 0.476. The summed E-state index contributed by atoms with van der Waals surface area (Å²) in [7, 11) is 1.78. The lowest BCUT2D eigenvalue weighted by Crippen LogP contribution is -2.59. The van der Waals surface area contributed by atoms with Crippen LogP contribution in [0.1, 0.15) is 39.5 Å². The smallest absolute Gasteiger partial charge is 0.343 e. The van der Waals surface area contributed by atoms with Crippen LogP contribution in [-0.4, -0.2) is 47.2 Å². The third-order valence-corrected chi connectivity index (χ3v) is 5.47. The Morgan fingerprint density at radius 3 is 2.76 bits per heavy atom. The first kappa shape index (κ1) is 19.3. The number of ether oxygens (including phenoxy) is 1. The van der Waals surface area contributed by atoms with Gasteiger partial charge in [-0.15, -0.1) is 0 Å². The lowest BCUT2D eigenvalue weighted by Gasteiger charge is -2.45. The molecule has 1 saturated carbocycles. The Morgan fingerprint density at radius 1 is 1.24 bits per heavy atom. The summed E-state index contributed by atoms with van der Waals surface area (Å²) in [6.07, 6.45) is 6.22. The summed E-state index contributed by atoms with van der Waals surface area (Å²) < 4.78 is 5.57. The number of hydrogen-bond donors (Lipinski definition) is 1. The van der Waals surface area contributed by atoms with Gasteiger partial charge >= 0.3 is 6.03 Å². The van der Waals surface area contributed by atoms with Gasteiger partial charge in [0.1, 0.15) is 11.4 Å². The topological polar surface area (TPSA) is 73.8 Å². The third kappa shape index (κ3) is 3.66. The number of nitrogens with one attached hydrogen (secondary N) is 1. The Labute approximate surface area is 171 Å². The highest BCUT2D eigenvalue weighted by molar-refractivity contribution is 5.98. The predicted octanol–water partition coefficient (Wildman–Crippen LogP) is 4.17. The van der Waals surface area contributed by atoms with Crippen molar-refractivity contribution in [1.82, 2.24) is 15.0 Å². The Balaban J connectivity index is 1.69. The quantitative estimate of drug-likeness (QED) is 0.790. The molecule has 0 atom stereocenters. The molecule has 2 heterocycles. The van der Waals surface area contributed by atoms with E-state index in [4.69, 9.17) is 9.72 Å². The van der Waals surface area contributed by atoms with Gasteiger partial charge in [-0.3, -0.25) is 9.91 Å². The molecule has 0 bridgehead atoms. The van der Waals surface area contributed by atoms with E-state index < -0.39 is 0 Å². The molecule has 0 spiro atoms. The maximum Gasteiger partial charge on any atom is 0.343 e. The van der Waals surface area contributed by atoms with Gasteiger partial charge in [-0.2, -0.15) is 4.98 Å². The summed E-state index contributed by atoms with van der Waals surface area (Å²) in [5.41, 5.74) is 1.59. The van der Waals surface area contributed by atoms with E-state index in [0.717, 1.165) is 35.8 Å². The maximum absolute atomic E-state index is 12.9. The van der Waals surface area contributed by atoms with Crippen LogP contribution in [0, 0.1) is 0 Å². The van der Waals surface area contributed by atoms with Gasteiger partial charge in [-0.05, 0) is 38.8 Å². The van der Waals surface area contributed by atoms with Crippen LogP contribution in [0.25, 0.3) is 0 Å². The molecule has 1 aromatic heterocycles. The van der Waals surface area contributed by atoms with Crippen LogP contribution < -0.4 is 20.0 Å². The summed E-state index contributed by atoms with van der Waals surface area (Å²) in [6, 6.07) is 7.98. The van der Waals surface area contributed by atoms with Gasteiger partial charge in [-0.25, -0.2) is 14.8 Å². The summed E-state index contributed by atoms with van der Waals surface area (Å²) in [6.45, 7) is 5.17. The standard InChI is InChI=1S/C21H28N6O2/c1-4-26-21(28)25(3)18-14-22-20(23-15-9-8-12-17(13-15)29-5-2)24-19(18)27(26)16-10-6-7-11-16/h8-9,12-14,16H,4-7,10-11H2,1-3H3,(H,22,23,24). The number of urea groups is 1. The van der Waals surface area contributed by atoms with E-state index in [9.17, 15) is 4.79 Å². The number of rotatable bonds is 6. The van der Waals surface area contributed by atoms with E-state index in [1.807, 2.05) is 38.1 Å². The molecule has 1 aliphatic heterocycles. The number of benzene rings is 1. The minimum absolute atomic E-state index is 0.0411. The first-order chi connectivity index (χ1) is 14.1. The predicted molar refractivity (Wildman–Crippen MR) is 114 cm³/mol. The zero-order chi connectivity index (χ0) is 20.4. The van der Waals surface area contributed by atoms with Gasteiger partial charge < -0.3 is 10.1 Å². The van der Waals surface area contributed by atoms with Crippen LogP contribution in [0.3, 0.4) is 0 Å². The third-order valence-electron chi connectivity index (χ3n) is 5.47. The largest absolute Gasteiger partial charge is 0.494 e. The minimum Gasteiger partial charge on any atom is -0.494 e. The van der Waals surface area contributed by atoms with E-state index in [1.54, 1.807) is 23.2 Å². The Bertz CT molecular complexity index is 883. The van der Waals surface area contributed by atoms with Gasteiger partial charge in [0.05, 0.1) is 18.8 Å². The van der Waals surface area contributed by atoms with E-state index in [1.165, 1.54) is 12.8 Å². The molecule has 0 radical (unpaired) electrons. The number of anilines is 4. The van der Waals surface area contributed by atoms with Crippen molar-refractivity contribution in [3.8, 4) is 5.75 Å². The van der Waals surface area contributed by atoms with Gasteiger partial charge in [0.2, 0.25) is 5.95 Å². The minimum atomic E-state index is -0.0411. The Kier molecular flexibility index (Phi) is 5.42. The fourth-order valence-electron chi connectivity index (χ4n) is 4.08. The number of aromatic nitrogens is 2. The molecule has 2 aromatic rings. The van der Waals surface area contributed by atoms with Crippen molar-refractivity contribution in [1.29, 1.82) is 0 Å². The van der Waals surface area contributed by atoms with E-state index in [0.29, 0.717) is 19.1 Å². The molecule has 8 nitrogen and oxygen atoms in total. The van der Waals surface area contributed by atoms with Crippen LogP contribution in [0.15, 0.2) is 30.5 Å². The summed E-state index contributed by atoms with van der Waals surface area (Å²) >= 11 is 0. The zero-order valence-corrected chi connectivity index (χ0v) is 17.3. The number of nitrogens with zero attached hydrogens (tertiary/aromatic N) is 5. The Hall–Kier alpha value is -3.03. The fourth-order valence-corrected chi connectivity index (χ4v) is 4.08. The van der Waals surface area contributed by atoms with E-state index in [2.05, 4.69) is 15.3 Å². The van der Waals surface area contributed by atoms with E-state index >= 15 is 0 Å². The lowest BCUT2D eigenvalue weighted by atomic mass is 10.2. The zero-order valence-electron chi connectivity index (χ0n) is 17.3. The normalized spacial score (nSPS) is 16.9. The lowest BCUT2D eigenvalue weighted by molar-refractivity contribution is 0.191. The van der Waals surface area contributed by atoms with Gasteiger partial charge in [0, 0.05) is 25.3 Å². The first-order valence-corrected chi connectivity index (χ1v) is 10.3. The van der Waals surface area contributed by atoms with Crippen LogP contribution in [0.2, 0.25) is 0 Å². The van der Waals surface area contributed by atoms with Crippen LogP contribution in [0.4, 0.5) is 27.9 Å². The SMILES string of the molecule is CCOc1cccc(Nc2ncc3c(n2)N(C2CCCC2)N(CC)C(=O)N3C)c1. The average Bonchev–Trinajstić information content (AvgIpc) is 3.25. The molecule has 0 saturated heterocycles. The second-order valence-corrected chi connectivity index (χ2v) is 7.33. The molecule has 29 heavy (non-hydrogen) atoms. The highest BCUT2D eigenvalue weighted by atomic mass is 16.5. The molecule has 1 fully saturated rings. The number of amides is 2. The maximum atomic E-state index is 12.9. The van der Waals surface area contributed by atoms with Crippen molar-refractivity contribution in [2.75, 3.05) is 35.4 Å².